The second-order valence-electron chi connectivity index (χ2n) is 8.87. The number of halogens is 3. The van der Waals surface area contributed by atoms with Crippen molar-refractivity contribution < 1.29 is 27.5 Å². The smallest absolute Gasteiger partial charge is 0.376 e. The molecule has 34 heavy (non-hydrogen) atoms. The summed E-state index contributed by atoms with van der Waals surface area (Å²) in [6.45, 7) is 3.95. The molecule has 2 saturated heterocycles. The Morgan fingerprint density at radius 2 is 1.79 bits per heavy atom. The number of rotatable bonds is 5. The zero-order valence-corrected chi connectivity index (χ0v) is 19.0. The Morgan fingerprint density at radius 3 is 2.41 bits per heavy atom. The molecular weight excluding hydrogens is 447 g/mol. The van der Waals surface area contributed by atoms with Gasteiger partial charge in [0.1, 0.15) is 0 Å². The Morgan fingerprint density at radius 1 is 1.09 bits per heavy atom. The third-order valence-electron chi connectivity index (χ3n) is 6.45. The average Bonchev–Trinajstić information content (AvgIpc) is 3.35. The molecule has 2 aliphatic heterocycles. The zero-order chi connectivity index (χ0) is 24.3. The van der Waals surface area contributed by atoms with E-state index in [9.17, 15) is 22.8 Å². The Balaban J connectivity index is 1.40. The molecule has 0 spiro atoms. The molecule has 6 nitrogen and oxygen atoms in total. The topological polar surface area (TPSA) is 71.5 Å². The molecule has 1 unspecified atom stereocenters. The van der Waals surface area contributed by atoms with Crippen molar-refractivity contribution in [2.45, 2.75) is 50.8 Å². The number of alkyl halides is 3. The van der Waals surface area contributed by atoms with Crippen molar-refractivity contribution in [1.29, 1.82) is 0 Å². The number of aromatic nitrogens is 1. The van der Waals surface area contributed by atoms with Crippen molar-refractivity contribution in [3.05, 3.63) is 64.5 Å². The number of amides is 2. The number of likely N-dealkylation sites (tertiary alicyclic amines) is 1. The summed E-state index contributed by atoms with van der Waals surface area (Å²) in [5.41, 5.74) is 1.53. The van der Waals surface area contributed by atoms with Crippen molar-refractivity contribution in [1.82, 2.24) is 15.2 Å². The molecule has 2 aliphatic rings. The number of carbonyl (C=O) groups is 2. The average molecular weight is 476 g/mol. The lowest BCUT2D eigenvalue weighted by Gasteiger charge is -2.32. The lowest BCUT2D eigenvalue weighted by atomic mass is 9.89. The van der Waals surface area contributed by atoms with Crippen LogP contribution in [-0.4, -0.2) is 54.0 Å². The minimum Gasteiger partial charge on any atom is -0.376 e. The number of ether oxygens (including phenoxy) is 1. The summed E-state index contributed by atoms with van der Waals surface area (Å²) >= 11 is 0. The number of aryl methyl sites for hydroxylation is 1. The molecule has 182 valence electrons. The minimum atomic E-state index is -4.44. The molecule has 1 atom stereocenters. The Bertz CT molecular complexity index is 1030. The first-order valence-corrected chi connectivity index (χ1v) is 11.6. The first kappa shape index (κ1) is 24.2. The fraction of sp³-hybridized carbons (Fsp3) is 0.480. The van der Waals surface area contributed by atoms with E-state index >= 15 is 0 Å². The van der Waals surface area contributed by atoms with Crippen molar-refractivity contribution in [3.8, 4) is 0 Å². The summed E-state index contributed by atoms with van der Waals surface area (Å²) < 4.78 is 43.9. The van der Waals surface area contributed by atoms with Crippen molar-refractivity contribution >= 4 is 11.8 Å². The van der Waals surface area contributed by atoms with Gasteiger partial charge in [-0.3, -0.25) is 14.6 Å². The van der Waals surface area contributed by atoms with Crippen LogP contribution in [0, 0.1) is 6.92 Å². The van der Waals surface area contributed by atoms with E-state index in [1.165, 1.54) is 12.1 Å². The summed E-state index contributed by atoms with van der Waals surface area (Å²) in [5.74, 6) is -0.458. The molecule has 0 bridgehead atoms. The van der Waals surface area contributed by atoms with E-state index in [1.54, 1.807) is 11.0 Å². The van der Waals surface area contributed by atoms with Gasteiger partial charge in [0.25, 0.3) is 11.8 Å². The van der Waals surface area contributed by atoms with E-state index in [4.69, 9.17) is 4.74 Å². The number of nitrogens with zero attached hydrogens (tertiary/aromatic N) is 2. The Hall–Kier alpha value is -2.94. The highest BCUT2D eigenvalue weighted by Gasteiger charge is 2.32. The molecule has 1 N–H and O–H groups in total. The summed E-state index contributed by atoms with van der Waals surface area (Å²) in [6, 6.07) is 7.90. The van der Waals surface area contributed by atoms with Gasteiger partial charge in [-0.05, 0) is 69.0 Å². The largest absolute Gasteiger partial charge is 0.416 e. The minimum absolute atomic E-state index is 0.0139. The molecular formula is C25H28F3N3O3. The zero-order valence-electron chi connectivity index (χ0n) is 19.0. The van der Waals surface area contributed by atoms with E-state index in [-0.39, 0.29) is 29.4 Å². The first-order chi connectivity index (χ1) is 16.2. The van der Waals surface area contributed by atoms with Crippen molar-refractivity contribution in [3.63, 3.8) is 0 Å². The van der Waals surface area contributed by atoms with Crippen LogP contribution in [0.4, 0.5) is 13.2 Å². The number of hydrogen-bond acceptors (Lipinski definition) is 4. The van der Waals surface area contributed by atoms with Crippen molar-refractivity contribution in [2.75, 3.05) is 26.2 Å². The summed E-state index contributed by atoms with van der Waals surface area (Å²) in [6.07, 6.45) is -1.21. The quantitative estimate of drug-likeness (QED) is 0.699. The maximum atomic E-state index is 12.9. The van der Waals surface area contributed by atoms with Gasteiger partial charge in [-0.2, -0.15) is 13.2 Å². The molecule has 0 aliphatic carbocycles. The van der Waals surface area contributed by atoms with Gasteiger partial charge < -0.3 is 15.0 Å². The van der Waals surface area contributed by atoms with Crippen LogP contribution in [0.5, 0.6) is 0 Å². The van der Waals surface area contributed by atoms with Gasteiger partial charge in [0, 0.05) is 43.4 Å². The van der Waals surface area contributed by atoms with Gasteiger partial charge >= 0.3 is 6.18 Å². The molecule has 0 radical (unpaired) electrons. The third-order valence-corrected chi connectivity index (χ3v) is 6.45. The molecule has 2 fully saturated rings. The maximum absolute atomic E-state index is 12.9. The molecule has 1 aromatic heterocycles. The number of nitrogens with one attached hydrogen (secondary N) is 1. The molecule has 4 rings (SSSR count). The monoisotopic (exact) mass is 475 g/mol. The number of pyridine rings is 1. The van der Waals surface area contributed by atoms with E-state index in [0.29, 0.717) is 38.0 Å². The van der Waals surface area contributed by atoms with Gasteiger partial charge in [-0.25, -0.2) is 0 Å². The van der Waals surface area contributed by atoms with Crippen LogP contribution in [0.25, 0.3) is 0 Å². The maximum Gasteiger partial charge on any atom is 0.416 e. The predicted octanol–water partition coefficient (Wildman–Crippen LogP) is 4.34. The molecule has 0 saturated carbocycles. The van der Waals surface area contributed by atoms with E-state index < -0.39 is 11.7 Å². The standard InChI is InChI=1S/C25H28F3N3O3/c1-16-4-9-21(23(32)29-15-20-3-2-14-34-20)22(30-16)17-10-12-31(13-11-17)24(33)18-5-7-19(8-6-18)25(26,27)28/h4-9,17,20H,2-3,10-15H2,1H3,(H,29,32). The summed E-state index contributed by atoms with van der Waals surface area (Å²) in [5, 5.41) is 2.95. The highest BCUT2D eigenvalue weighted by atomic mass is 19.4. The van der Waals surface area contributed by atoms with Gasteiger partial charge in [0.15, 0.2) is 0 Å². The number of benzene rings is 1. The van der Waals surface area contributed by atoms with Gasteiger partial charge in [-0.1, -0.05) is 0 Å². The lowest BCUT2D eigenvalue weighted by Crippen LogP contribution is -2.39. The van der Waals surface area contributed by atoms with Crippen LogP contribution in [0.1, 0.15) is 69.3 Å². The fourth-order valence-corrected chi connectivity index (χ4v) is 4.53. The summed E-state index contributed by atoms with van der Waals surface area (Å²) in [4.78, 5) is 32.0. The Labute approximate surface area is 196 Å². The van der Waals surface area contributed by atoms with Crippen LogP contribution < -0.4 is 5.32 Å². The fourth-order valence-electron chi connectivity index (χ4n) is 4.53. The second-order valence-corrected chi connectivity index (χ2v) is 8.87. The van der Waals surface area contributed by atoms with Crippen LogP contribution in [0.2, 0.25) is 0 Å². The van der Waals surface area contributed by atoms with E-state index in [1.807, 2.05) is 13.0 Å². The van der Waals surface area contributed by atoms with Crippen LogP contribution in [-0.2, 0) is 10.9 Å². The third kappa shape index (κ3) is 5.58. The number of piperidine rings is 1. The van der Waals surface area contributed by atoms with Crippen LogP contribution >= 0.6 is 0 Å². The molecule has 2 amide bonds. The van der Waals surface area contributed by atoms with E-state index in [0.717, 1.165) is 43.0 Å². The Kier molecular flexibility index (Phi) is 7.21. The molecule has 2 aromatic rings. The van der Waals surface area contributed by atoms with Crippen LogP contribution in [0.3, 0.4) is 0 Å². The molecule has 1 aromatic carbocycles. The SMILES string of the molecule is Cc1ccc(C(=O)NCC2CCCO2)c(C2CCN(C(=O)c3ccc(C(F)(F)F)cc3)CC2)n1. The predicted molar refractivity (Wildman–Crippen MR) is 120 cm³/mol. The lowest BCUT2D eigenvalue weighted by molar-refractivity contribution is -0.137. The summed E-state index contributed by atoms with van der Waals surface area (Å²) in [7, 11) is 0. The van der Waals surface area contributed by atoms with Gasteiger partial charge in [0.05, 0.1) is 22.9 Å². The van der Waals surface area contributed by atoms with Crippen molar-refractivity contribution in [2.24, 2.45) is 0 Å². The van der Waals surface area contributed by atoms with E-state index in [2.05, 4.69) is 10.3 Å². The normalized spacial score (nSPS) is 19.3. The van der Waals surface area contributed by atoms with Crippen LogP contribution in [0.15, 0.2) is 36.4 Å². The number of carbonyl (C=O) groups excluding carboxylic acids is 2. The highest BCUT2D eigenvalue weighted by Crippen LogP contribution is 2.31. The van der Waals surface area contributed by atoms with Gasteiger partial charge in [-0.15, -0.1) is 0 Å². The second kappa shape index (κ2) is 10.1. The van der Waals surface area contributed by atoms with Gasteiger partial charge in [0.2, 0.25) is 0 Å². The number of hydrogen-bond donors (Lipinski definition) is 1. The highest BCUT2D eigenvalue weighted by molar-refractivity contribution is 5.96. The molecule has 9 heteroatoms. The molecule has 3 heterocycles. The first-order valence-electron chi connectivity index (χ1n) is 11.6.